The first-order valence-corrected chi connectivity index (χ1v) is 22.1. The number of hydrogen-bond acceptors (Lipinski definition) is 5. The number of hydrogen-bond donors (Lipinski definition) is 4. The lowest BCUT2D eigenvalue weighted by molar-refractivity contribution is -0.131. The predicted octanol–water partition coefficient (Wildman–Crippen LogP) is 10.8. The molecule has 0 spiro atoms. The van der Waals surface area contributed by atoms with Gasteiger partial charge in [-0.1, -0.05) is 187 Å². The predicted molar refractivity (Wildman–Crippen MR) is 204 cm³/mol. The highest BCUT2D eigenvalue weighted by molar-refractivity contribution is 7.85. The summed E-state index contributed by atoms with van der Waals surface area (Å²) in [4.78, 5) is 12.6. The van der Waals surface area contributed by atoms with Gasteiger partial charge in [0.2, 0.25) is 5.91 Å². The van der Waals surface area contributed by atoms with Gasteiger partial charge in [0.1, 0.15) is 6.10 Å². The average Bonchev–Trinajstić information content (AvgIpc) is 3.05. The molecule has 0 fully saturated rings. The molecule has 0 aliphatic rings. The SMILES string of the molecule is CCCCCCCCCCCC/C=C\CCCCCCCCC(O)C(=O)NC(CS(=O)(=O)O)C(O)CCCCCCCCCCCCC. The highest BCUT2D eigenvalue weighted by Gasteiger charge is 2.28. The fraction of sp³-hybridized carbons (Fsp3) is 0.925. The molecule has 3 atom stereocenters. The Morgan fingerprint density at radius 3 is 1.25 bits per heavy atom. The van der Waals surface area contributed by atoms with Crippen LogP contribution in [-0.4, -0.2) is 53.1 Å². The number of carbonyl (C=O) groups excluding carboxylic acids is 1. The van der Waals surface area contributed by atoms with Crippen molar-refractivity contribution in [3.8, 4) is 0 Å². The minimum Gasteiger partial charge on any atom is -0.391 e. The Bertz CT molecular complexity index is 834. The Kier molecular flexibility index (Phi) is 33.8. The summed E-state index contributed by atoms with van der Waals surface area (Å²) in [7, 11) is -4.40. The lowest BCUT2D eigenvalue weighted by Gasteiger charge is -2.24. The second kappa shape index (κ2) is 34.5. The number of allylic oxidation sites excluding steroid dienone is 2. The first-order valence-electron chi connectivity index (χ1n) is 20.5. The number of nitrogens with one attached hydrogen (secondary N) is 1. The van der Waals surface area contributed by atoms with Crippen LogP contribution >= 0.6 is 0 Å². The van der Waals surface area contributed by atoms with E-state index in [0.717, 1.165) is 44.9 Å². The number of unbranched alkanes of at least 4 members (excludes halogenated alkanes) is 26. The van der Waals surface area contributed by atoms with Crippen molar-refractivity contribution in [2.75, 3.05) is 5.75 Å². The van der Waals surface area contributed by atoms with Gasteiger partial charge in [-0.3, -0.25) is 9.35 Å². The maximum absolute atomic E-state index is 12.6. The van der Waals surface area contributed by atoms with Crippen LogP contribution in [0, 0.1) is 0 Å². The van der Waals surface area contributed by atoms with Crippen molar-refractivity contribution in [1.82, 2.24) is 5.32 Å². The van der Waals surface area contributed by atoms with E-state index in [2.05, 4.69) is 31.3 Å². The van der Waals surface area contributed by atoms with Crippen molar-refractivity contribution in [2.45, 2.75) is 231 Å². The Balaban J connectivity index is 3.93. The van der Waals surface area contributed by atoms with Gasteiger partial charge in [-0.05, 0) is 38.5 Å². The minimum absolute atomic E-state index is 0.292. The van der Waals surface area contributed by atoms with Gasteiger partial charge in [-0.25, -0.2) is 0 Å². The summed E-state index contributed by atoms with van der Waals surface area (Å²) in [6.45, 7) is 4.49. The molecule has 7 nitrogen and oxygen atoms in total. The molecule has 0 aliphatic heterocycles. The van der Waals surface area contributed by atoms with Gasteiger partial charge in [0.15, 0.2) is 0 Å². The second-order valence-corrected chi connectivity index (χ2v) is 15.9. The van der Waals surface area contributed by atoms with Crippen LogP contribution in [-0.2, 0) is 14.9 Å². The summed E-state index contributed by atoms with van der Waals surface area (Å²) in [5.41, 5.74) is 0. The average molecular weight is 702 g/mol. The Morgan fingerprint density at radius 2 is 0.875 bits per heavy atom. The standard InChI is InChI=1S/C40H79NO6S/c1-3-5-7-9-11-13-15-16-17-18-19-20-21-22-23-25-27-29-31-33-35-39(43)40(44)41-37(36-48(45,46)47)38(42)34-32-30-28-26-24-14-12-10-8-6-4-2/h20-21,37-39,42-43H,3-19,22-36H2,1-2H3,(H,41,44)(H,45,46,47)/b21-20-. The summed E-state index contributed by atoms with van der Waals surface area (Å²) >= 11 is 0. The van der Waals surface area contributed by atoms with E-state index >= 15 is 0 Å². The maximum Gasteiger partial charge on any atom is 0.266 e. The highest BCUT2D eigenvalue weighted by atomic mass is 32.2. The van der Waals surface area contributed by atoms with E-state index in [9.17, 15) is 28.0 Å². The lowest BCUT2D eigenvalue weighted by Crippen LogP contribution is -2.50. The van der Waals surface area contributed by atoms with E-state index in [4.69, 9.17) is 0 Å². The van der Waals surface area contributed by atoms with E-state index in [1.54, 1.807) is 0 Å². The van der Waals surface area contributed by atoms with Crippen LogP contribution in [0.4, 0.5) is 0 Å². The first-order chi connectivity index (χ1) is 23.2. The van der Waals surface area contributed by atoms with Gasteiger partial charge >= 0.3 is 0 Å². The molecular weight excluding hydrogens is 623 g/mol. The smallest absolute Gasteiger partial charge is 0.266 e. The van der Waals surface area contributed by atoms with Crippen LogP contribution < -0.4 is 5.32 Å². The summed E-state index contributed by atoms with van der Waals surface area (Å²) in [5, 5.41) is 23.5. The van der Waals surface area contributed by atoms with Crippen LogP contribution in [0.15, 0.2) is 12.2 Å². The molecule has 0 bridgehead atoms. The van der Waals surface area contributed by atoms with E-state index in [-0.39, 0.29) is 0 Å². The molecule has 0 radical (unpaired) electrons. The van der Waals surface area contributed by atoms with Crippen molar-refractivity contribution < 1.29 is 28.0 Å². The third kappa shape index (κ3) is 33.5. The number of amides is 1. The quantitative estimate of drug-likeness (QED) is 0.0290. The van der Waals surface area contributed by atoms with Crippen molar-refractivity contribution >= 4 is 16.0 Å². The van der Waals surface area contributed by atoms with E-state index in [1.807, 2.05) is 0 Å². The van der Waals surface area contributed by atoms with E-state index in [1.165, 1.54) is 128 Å². The summed E-state index contributed by atoms with van der Waals surface area (Å²) < 4.78 is 32.5. The third-order valence-electron chi connectivity index (χ3n) is 9.58. The number of carbonyl (C=O) groups is 1. The largest absolute Gasteiger partial charge is 0.391 e. The third-order valence-corrected chi connectivity index (χ3v) is 10.4. The molecule has 0 rings (SSSR count). The molecule has 4 N–H and O–H groups in total. The van der Waals surface area contributed by atoms with Crippen LogP contribution in [0.2, 0.25) is 0 Å². The Morgan fingerprint density at radius 1 is 0.542 bits per heavy atom. The van der Waals surface area contributed by atoms with Crippen molar-refractivity contribution in [1.29, 1.82) is 0 Å². The van der Waals surface area contributed by atoms with Gasteiger partial charge < -0.3 is 15.5 Å². The van der Waals surface area contributed by atoms with Gasteiger partial charge in [0, 0.05) is 0 Å². The van der Waals surface area contributed by atoms with Crippen LogP contribution in [0.5, 0.6) is 0 Å². The minimum atomic E-state index is -4.40. The molecule has 1 amide bonds. The molecule has 0 aliphatic carbocycles. The van der Waals surface area contributed by atoms with Crippen LogP contribution in [0.1, 0.15) is 213 Å². The van der Waals surface area contributed by atoms with Crippen molar-refractivity contribution in [3.63, 3.8) is 0 Å². The maximum atomic E-state index is 12.6. The van der Waals surface area contributed by atoms with Gasteiger partial charge in [-0.15, -0.1) is 0 Å². The first kappa shape index (κ1) is 47.0. The van der Waals surface area contributed by atoms with E-state index in [0.29, 0.717) is 25.7 Å². The molecule has 0 saturated heterocycles. The molecule has 0 aromatic heterocycles. The summed E-state index contributed by atoms with van der Waals surface area (Å²) in [6, 6.07) is -1.14. The number of aliphatic hydroxyl groups is 2. The summed E-state index contributed by atoms with van der Waals surface area (Å²) in [5.74, 6) is -1.45. The zero-order valence-corrected chi connectivity index (χ0v) is 32.3. The van der Waals surface area contributed by atoms with Crippen molar-refractivity contribution in [3.05, 3.63) is 12.2 Å². The number of rotatable bonds is 37. The molecule has 0 aromatic rings. The molecular formula is C40H79NO6S. The fourth-order valence-corrected chi connectivity index (χ4v) is 7.16. The van der Waals surface area contributed by atoms with Gasteiger partial charge in [0.25, 0.3) is 10.1 Å². The Labute approximate surface area is 297 Å². The second-order valence-electron chi connectivity index (χ2n) is 14.4. The zero-order chi connectivity index (χ0) is 35.6. The summed E-state index contributed by atoms with van der Waals surface area (Å²) in [6.07, 6.45) is 38.1. The molecule has 286 valence electrons. The molecule has 48 heavy (non-hydrogen) atoms. The molecule has 0 heterocycles. The van der Waals surface area contributed by atoms with Crippen LogP contribution in [0.25, 0.3) is 0 Å². The van der Waals surface area contributed by atoms with Gasteiger partial charge in [-0.2, -0.15) is 8.42 Å². The Hall–Kier alpha value is -0.960. The molecule has 0 saturated carbocycles. The normalized spacial score (nSPS) is 14.0. The van der Waals surface area contributed by atoms with Gasteiger partial charge in [0.05, 0.1) is 17.9 Å². The molecule has 3 unspecified atom stereocenters. The number of aliphatic hydroxyl groups excluding tert-OH is 2. The highest BCUT2D eigenvalue weighted by Crippen LogP contribution is 2.16. The topological polar surface area (TPSA) is 124 Å². The molecule has 0 aromatic carbocycles. The van der Waals surface area contributed by atoms with E-state index < -0.39 is 40.0 Å². The monoisotopic (exact) mass is 702 g/mol. The van der Waals surface area contributed by atoms with Crippen molar-refractivity contribution in [2.24, 2.45) is 0 Å². The molecule has 8 heteroatoms. The fourth-order valence-electron chi connectivity index (χ4n) is 6.40. The lowest BCUT2D eigenvalue weighted by atomic mass is 10.0. The zero-order valence-electron chi connectivity index (χ0n) is 31.5. The van der Waals surface area contributed by atoms with Crippen LogP contribution in [0.3, 0.4) is 0 Å².